The van der Waals surface area contributed by atoms with Crippen molar-refractivity contribution in [3.8, 4) is 17.6 Å². The van der Waals surface area contributed by atoms with Gasteiger partial charge in [-0.2, -0.15) is 0 Å². The second kappa shape index (κ2) is 11.1. The van der Waals surface area contributed by atoms with E-state index in [0.29, 0.717) is 34.4 Å². The predicted octanol–water partition coefficient (Wildman–Crippen LogP) is 4.26. The van der Waals surface area contributed by atoms with Gasteiger partial charge in [0.1, 0.15) is 5.75 Å². The standard InChI is InChI=1S/C30H30N2O4/c1-19(2)36-29-26(24(18-34)15-23-16-32-28-10-6-5-9-25(23)28)13-20(14-27(29)30(31)35)11-12-21-7-3-4-8-22(21)17-33/h3-10,13-14,16,19,24,32-34H,15,17-18H2,1-2H3,(H2,31,35)/t24-/m0/s1. The molecule has 5 N–H and O–H groups in total. The molecule has 1 atom stereocenters. The monoisotopic (exact) mass is 482 g/mol. The Morgan fingerprint density at radius 2 is 1.78 bits per heavy atom. The molecule has 0 aliphatic heterocycles. The number of aromatic nitrogens is 1. The lowest BCUT2D eigenvalue weighted by atomic mass is 9.88. The molecule has 1 heterocycles. The third-order valence-corrected chi connectivity index (χ3v) is 6.07. The van der Waals surface area contributed by atoms with Gasteiger partial charge in [-0.25, -0.2) is 0 Å². The van der Waals surface area contributed by atoms with Gasteiger partial charge in [-0.1, -0.05) is 48.2 Å². The summed E-state index contributed by atoms with van der Waals surface area (Å²) in [7, 11) is 0. The first-order valence-electron chi connectivity index (χ1n) is 11.9. The SMILES string of the molecule is CC(C)Oc1c(C(N)=O)cc(C#Cc2ccccc2CO)cc1[C@H](CO)Cc1c[nH]c2ccccc12. The van der Waals surface area contributed by atoms with Crippen LogP contribution in [0.1, 0.15) is 57.9 Å². The summed E-state index contributed by atoms with van der Waals surface area (Å²) < 4.78 is 6.08. The van der Waals surface area contributed by atoms with Gasteiger partial charge in [0.25, 0.3) is 5.91 Å². The summed E-state index contributed by atoms with van der Waals surface area (Å²) in [6, 6.07) is 18.8. The third-order valence-electron chi connectivity index (χ3n) is 6.07. The van der Waals surface area contributed by atoms with Crippen molar-refractivity contribution in [2.45, 2.75) is 38.9 Å². The first-order valence-corrected chi connectivity index (χ1v) is 11.9. The maximum atomic E-state index is 12.5. The highest BCUT2D eigenvalue weighted by Gasteiger charge is 2.24. The van der Waals surface area contributed by atoms with E-state index in [9.17, 15) is 15.0 Å². The van der Waals surface area contributed by atoms with Crippen molar-refractivity contribution >= 4 is 16.8 Å². The molecule has 0 aliphatic rings. The lowest BCUT2D eigenvalue weighted by Gasteiger charge is -2.23. The Kier molecular flexibility index (Phi) is 7.74. The molecule has 0 aliphatic carbocycles. The van der Waals surface area contributed by atoms with E-state index < -0.39 is 5.91 Å². The van der Waals surface area contributed by atoms with Crippen molar-refractivity contribution in [3.05, 3.63) is 100 Å². The number of aromatic amines is 1. The fraction of sp³-hybridized carbons (Fsp3) is 0.233. The van der Waals surface area contributed by atoms with E-state index in [2.05, 4.69) is 16.8 Å². The maximum Gasteiger partial charge on any atom is 0.252 e. The Balaban J connectivity index is 1.83. The summed E-state index contributed by atoms with van der Waals surface area (Å²) in [6.45, 7) is 3.47. The average molecular weight is 483 g/mol. The van der Waals surface area contributed by atoms with Crippen LogP contribution in [0.3, 0.4) is 0 Å². The summed E-state index contributed by atoms with van der Waals surface area (Å²) in [5, 5.41) is 21.2. The van der Waals surface area contributed by atoms with Crippen molar-refractivity contribution in [1.82, 2.24) is 4.98 Å². The number of carbonyl (C=O) groups excluding carboxylic acids is 1. The minimum Gasteiger partial charge on any atom is -0.490 e. The van der Waals surface area contributed by atoms with Gasteiger partial charge in [0, 0.05) is 39.7 Å². The Morgan fingerprint density at radius 1 is 1.03 bits per heavy atom. The highest BCUT2D eigenvalue weighted by atomic mass is 16.5. The summed E-state index contributed by atoms with van der Waals surface area (Å²) in [5.74, 6) is 5.58. The number of fused-ring (bicyclic) bond motifs is 1. The summed E-state index contributed by atoms with van der Waals surface area (Å²) in [5.41, 5.74) is 10.7. The normalized spacial score (nSPS) is 11.8. The number of benzene rings is 3. The van der Waals surface area contributed by atoms with Gasteiger partial charge in [0.05, 0.1) is 24.9 Å². The van der Waals surface area contributed by atoms with E-state index in [1.165, 1.54) is 0 Å². The Labute approximate surface area is 210 Å². The molecular formula is C30H30N2O4. The molecule has 0 radical (unpaired) electrons. The number of rotatable bonds is 8. The Bertz CT molecular complexity index is 1440. The molecule has 4 aromatic rings. The molecule has 0 unspecified atom stereocenters. The quantitative estimate of drug-likeness (QED) is 0.281. The molecule has 0 spiro atoms. The van der Waals surface area contributed by atoms with Crippen molar-refractivity contribution < 1.29 is 19.7 Å². The Morgan fingerprint density at radius 3 is 2.50 bits per heavy atom. The van der Waals surface area contributed by atoms with Crippen molar-refractivity contribution in [3.63, 3.8) is 0 Å². The van der Waals surface area contributed by atoms with Gasteiger partial charge < -0.3 is 25.7 Å². The fourth-order valence-electron chi connectivity index (χ4n) is 4.34. The van der Waals surface area contributed by atoms with Crippen LogP contribution in [0.25, 0.3) is 10.9 Å². The van der Waals surface area contributed by atoms with Crippen molar-refractivity contribution in [2.24, 2.45) is 5.73 Å². The molecule has 0 fully saturated rings. The van der Waals surface area contributed by atoms with Gasteiger partial charge in [-0.15, -0.1) is 0 Å². The van der Waals surface area contributed by atoms with Crippen LogP contribution in [-0.4, -0.2) is 33.8 Å². The zero-order chi connectivity index (χ0) is 25.7. The number of hydrogen-bond donors (Lipinski definition) is 4. The lowest BCUT2D eigenvalue weighted by Crippen LogP contribution is -2.19. The zero-order valence-corrected chi connectivity index (χ0v) is 20.4. The number of nitrogens with one attached hydrogen (secondary N) is 1. The third kappa shape index (κ3) is 5.44. The first-order chi connectivity index (χ1) is 17.4. The van der Waals surface area contributed by atoms with Crippen LogP contribution < -0.4 is 10.5 Å². The van der Waals surface area contributed by atoms with Crippen molar-refractivity contribution in [2.75, 3.05) is 6.61 Å². The summed E-state index contributed by atoms with van der Waals surface area (Å²) in [6.07, 6.45) is 2.26. The molecule has 184 valence electrons. The number of carbonyl (C=O) groups is 1. The second-order valence-electron chi connectivity index (χ2n) is 8.98. The highest BCUT2D eigenvalue weighted by molar-refractivity contribution is 5.96. The van der Waals surface area contributed by atoms with Crippen LogP contribution in [0.5, 0.6) is 5.75 Å². The fourth-order valence-corrected chi connectivity index (χ4v) is 4.34. The summed E-state index contributed by atoms with van der Waals surface area (Å²) in [4.78, 5) is 15.8. The molecule has 4 rings (SSSR count). The minimum absolute atomic E-state index is 0.124. The largest absolute Gasteiger partial charge is 0.490 e. The van der Waals surface area contributed by atoms with Gasteiger partial charge in [0.15, 0.2) is 0 Å². The summed E-state index contributed by atoms with van der Waals surface area (Å²) >= 11 is 0. The average Bonchev–Trinajstić information content (AvgIpc) is 3.29. The molecule has 0 bridgehead atoms. The number of hydrogen-bond acceptors (Lipinski definition) is 4. The molecule has 0 saturated carbocycles. The van der Waals surface area contributed by atoms with E-state index in [0.717, 1.165) is 16.5 Å². The molecular weight excluding hydrogens is 452 g/mol. The number of nitrogens with two attached hydrogens (primary N) is 1. The number of primary amides is 1. The smallest absolute Gasteiger partial charge is 0.252 e. The van der Waals surface area contributed by atoms with Crippen molar-refractivity contribution in [1.29, 1.82) is 0 Å². The molecule has 3 aromatic carbocycles. The first kappa shape index (κ1) is 25.1. The number of ether oxygens (including phenoxy) is 1. The second-order valence-corrected chi connectivity index (χ2v) is 8.98. The number of H-pyrrole nitrogens is 1. The molecule has 6 nitrogen and oxygen atoms in total. The van der Waals surface area contributed by atoms with Crippen LogP contribution in [0.2, 0.25) is 0 Å². The molecule has 0 saturated heterocycles. The molecule has 1 amide bonds. The van der Waals surface area contributed by atoms with E-state index in [1.54, 1.807) is 6.07 Å². The molecule has 1 aromatic heterocycles. The Hall–Kier alpha value is -4.05. The van der Waals surface area contributed by atoms with Gasteiger partial charge in [-0.05, 0) is 55.7 Å². The number of aliphatic hydroxyl groups excluding tert-OH is 2. The van der Waals surface area contributed by atoms with Gasteiger partial charge in [-0.3, -0.25) is 4.79 Å². The van der Waals surface area contributed by atoms with Crippen LogP contribution >= 0.6 is 0 Å². The van der Waals surface area contributed by atoms with Gasteiger partial charge in [0.2, 0.25) is 0 Å². The minimum atomic E-state index is -0.630. The van der Waals surface area contributed by atoms with Crippen LogP contribution in [-0.2, 0) is 13.0 Å². The van der Waals surface area contributed by atoms with E-state index in [-0.39, 0.29) is 30.8 Å². The predicted molar refractivity (Wildman–Crippen MR) is 141 cm³/mol. The van der Waals surface area contributed by atoms with Gasteiger partial charge >= 0.3 is 0 Å². The maximum absolute atomic E-state index is 12.5. The number of amides is 1. The zero-order valence-electron chi connectivity index (χ0n) is 20.4. The molecule has 36 heavy (non-hydrogen) atoms. The molecule has 6 heteroatoms. The van der Waals surface area contributed by atoms with E-state index >= 15 is 0 Å². The van der Waals surface area contributed by atoms with E-state index in [1.807, 2.05) is 74.6 Å². The highest BCUT2D eigenvalue weighted by Crippen LogP contribution is 2.35. The van der Waals surface area contributed by atoms with Crippen LogP contribution in [0.15, 0.2) is 66.9 Å². The number of aliphatic hydroxyl groups is 2. The van der Waals surface area contributed by atoms with Crippen LogP contribution in [0, 0.1) is 11.8 Å². The van der Waals surface area contributed by atoms with Crippen LogP contribution in [0.4, 0.5) is 0 Å². The number of para-hydroxylation sites is 1. The van der Waals surface area contributed by atoms with E-state index in [4.69, 9.17) is 10.5 Å². The lowest BCUT2D eigenvalue weighted by molar-refractivity contribution is 0.0994. The topological polar surface area (TPSA) is 109 Å².